The number of hydrogen-bond acceptors (Lipinski definition) is 7. The van der Waals surface area contributed by atoms with Gasteiger partial charge in [-0.05, 0) is 48.6 Å². The molecule has 0 bridgehead atoms. The van der Waals surface area contributed by atoms with Gasteiger partial charge >= 0.3 is 0 Å². The summed E-state index contributed by atoms with van der Waals surface area (Å²) < 4.78 is 0. The van der Waals surface area contributed by atoms with Crippen LogP contribution < -0.4 is 5.32 Å². The minimum atomic E-state index is -1.15. The van der Waals surface area contributed by atoms with Crippen molar-refractivity contribution in [2.24, 2.45) is 5.92 Å². The van der Waals surface area contributed by atoms with E-state index in [9.17, 15) is 20.0 Å². The first kappa shape index (κ1) is 24.8. The Kier molecular flexibility index (Phi) is 6.40. The summed E-state index contributed by atoms with van der Waals surface area (Å²) in [5.74, 6) is -0.293. The summed E-state index contributed by atoms with van der Waals surface area (Å²) in [6, 6.07) is 13.8. The van der Waals surface area contributed by atoms with Gasteiger partial charge in [-0.3, -0.25) is 24.5 Å². The number of carbonyl (C=O) groups is 2. The highest BCUT2D eigenvalue weighted by Gasteiger charge is 2.56. The average molecular weight is 499 g/mol. The maximum Gasteiger partial charge on any atom is 0.255 e. The van der Waals surface area contributed by atoms with Crippen LogP contribution in [0, 0.1) is 17.2 Å². The first-order chi connectivity index (χ1) is 17.7. The largest absolute Gasteiger partial charge is 0.376 e. The zero-order chi connectivity index (χ0) is 26.3. The molecule has 2 aromatic heterocycles. The van der Waals surface area contributed by atoms with E-state index < -0.39 is 23.7 Å². The lowest BCUT2D eigenvalue weighted by atomic mass is 9.80. The second-order valence-electron chi connectivity index (χ2n) is 10.4. The quantitative estimate of drug-likeness (QED) is 0.536. The van der Waals surface area contributed by atoms with Crippen molar-refractivity contribution in [3.8, 4) is 6.07 Å². The number of likely N-dealkylation sites (tertiary alicyclic amines) is 1. The van der Waals surface area contributed by atoms with Crippen LogP contribution in [0.4, 0.5) is 5.69 Å². The third-order valence-electron chi connectivity index (χ3n) is 7.58. The van der Waals surface area contributed by atoms with Gasteiger partial charge in [0.25, 0.3) is 5.91 Å². The third kappa shape index (κ3) is 4.22. The van der Waals surface area contributed by atoms with E-state index >= 15 is 0 Å². The summed E-state index contributed by atoms with van der Waals surface area (Å²) >= 11 is 0. The number of rotatable bonds is 6. The number of aromatic nitrogens is 2. The molecule has 2 N–H and O–H groups in total. The molecule has 0 aliphatic carbocycles. The van der Waals surface area contributed by atoms with Crippen molar-refractivity contribution < 1.29 is 14.7 Å². The maximum atomic E-state index is 13.5. The number of pyridine rings is 2. The minimum absolute atomic E-state index is 0.164. The molecule has 0 radical (unpaired) electrons. The fourth-order valence-corrected chi connectivity index (χ4v) is 5.67. The summed E-state index contributed by atoms with van der Waals surface area (Å²) in [6.45, 7) is 4.23. The van der Waals surface area contributed by atoms with E-state index in [1.165, 1.54) is 11.1 Å². The number of aliphatic hydroxyl groups excluding tert-OH is 1. The molecule has 4 heterocycles. The number of anilines is 1. The summed E-state index contributed by atoms with van der Waals surface area (Å²) in [4.78, 5) is 38.6. The second kappa shape index (κ2) is 9.54. The van der Waals surface area contributed by atoms with E-state index in [-0.39, 0.29) is 30.7 Å². The van der Waals surface area contributed by atoms with Gasteiger partial charge in [-0.2, -0.15) is 5.26 Å². The van der Waals surface area contributed by atoms with Gasteiger partial charge in [-0.15, -0.1) is 0 Å². The highest BCUT2D eigenvalue weighted by molar-refractivity contribution is 6.06. The Morgan fingerprint density at radius 2 is 2.05 bits per heavy atom. The van der Waals surface area contributed by atoms with Crippen LogP contribution in [0.15, 0.2) is 54.9 Å². The van der Waals surface area contributed by atoms with E-state index in [1.807, 2.05) is 44.2 Å². The second-order valence-corrected chi connectivity index (χ2v) is 10.4. The minimum Gasteiger partial charge on any atom is -0.376 e. The number of benzene rings is 1. The number of hydrogen-bond donors (Lipinski definition) is 2. The van der Waals surface area contributed by atoms with Crippen LogP contribution in [0.25, 0.3) is 11.0 Å². The molecular weight excluding hydrogens is 468 g/mol. The number of aliphatic hydroxyl groups is 1. The average Bonchev–Trinajstić information content (AvgIpc) is 3.43. The summed E-state index contributed by atoms with van der Waals surface area (Å²) in [6.07, 6.45) is 2.80. The van der Waals surface area contributed by atoms with Crippen molar-refractivity contribution in [1.82, 2.24) is 19.8 Å². The predicted molar refractivity (Wildman–Crippen MR) is 138 cm³/mol. The van der Waals surface area contributed by atoms with E-state index in [0.29, 0.717) is 23.0 Å². The van der Waals surface area contributed by atoms with Gasteiger partial charge < -0.3 is 15.3 Å². The van der Waals surface area contributed by atoms with E-state index in [1.54, 1.807) is 30.3 Å². The summed E-state index contributed by atoms with van der Waals surface area (Å²) in [5, 5.41) is 24.7. The van der Waals surface area contributed by atoms with Gasteiger partial charge in [0.2, 0.25) is 5.91 Å². The van der Waals surface area contributed by atoms with Crippen molar-refractivity contribution in [3.63, 3.8) is 0 Å². The van der Waals surface area contributed by atoms with Gasteiger partial charge in [0, 0.05) is 31.7 Å². The van der Waals surface area contributed by atoms with Crippen molar-refractivity contribution in [2.75, 3.05) is 18.9 Å². The van der Waals surface area contributed by atoms with Gasteiger partial charge in [0.05, 0.1) is 34.1 Å². The van der Waals surface area contributed by atoms with Crippen LogP contribution in [-0.4, -0.2) is 68.6 Å². The van der Waals surface area contributed by atoms with Crippen LogP contribution in [-0.2, 0) is 10.2 Å². The van der Waals surface area contributed by atoms with Crippen LogP contribution >= 0.6 is 0 Å². The van der Waals surface area contributed by atoms with Crippen molar-refractivity contribution in [3.05, 3.63) is 66.0 Å². The fraction of sp³-hybridized carbons (Fsp3) is 0.393. The van der Waals surface area contributed by atoms with Crippen molar-refractivity contribution >= 4 is 28.5 Å². The Morgan fingerprint density at radius 3 is 2.81 bits per heavy atom. The van der Waals surface area contributed by atoms with Gasteiger partial charge in [0.15, 0.2) is 0 Å². The Morgan fingerprint density at radius 1 is 1.27 bits per heavy atom. The first-order valence-electron chi connectivity index (χ1n) is 12.5. The predicted octanol–water partition coefficient (Wildman–Crippen LogP) is 2.92. The molecule has 2 amide bonds. The number of nitrogens with one attached hydrogen (secondary N) is 1. The number of para-hydroxylation sites is 1. The molecule has 2 aliphatic heterocycles. The molecule has 9 nitrogen and oxygen atoms in total. The lowest BCUT2D eigenvalue weighted by Gasteiger charge is -2.38. The van der Waals surface area contributed by atoms with Crippen molar-refractivity contribution in [1.29, 1.82) is 5.26 Å². The number of nitrogens with zero attached hydrogens (tertiary/aromatic N) is 5. The Labute approximate surface area is 215 Å². The topological polar surface area (TPSA) is 122 Å². The smallest absolute Gasteiger partial charge is 0.255 e. The zero-order valence-corrected chi connectivity index (χ0v) is 21.1. The highest BCUT2D eigenvalue weighted by Crippen LogP contribution is 2.47. The lowest BCUT2D eigenvalue weighted by Crippen LogP contribution is -2.54. The van der Waals surface area contributed by atoms with E-state index in [2.05, 4.69) is 21.4 Å². The molecule has 1 spiro atoms. The third-order valence-corrected chi connectivity index (χ3v) is 7.58. The highest BCUT2D eigenvalue weighted by atomic mass is 16.3. The molecule has 1 unspecified atom stereocenters. The molecule has 1 fully saturated rings. The number of likely N-dealkylation sites (N-methyl/N-ethyl adjacent to an activating group) is 1. The lowest BCUT2D eigenvalue weighted by molar-refractivity contribution is -0.121. The van der Waals surface area contributed by atoms with Gasteiger partial charge in [-0.1, -0.05) is 32.0 Å². The molecule has 4 atom stereocenters. The molecule has 0 saturated carbocycles. The Hall–Kier alpha value is -3.87. The van der Waals surface area contributed by atoms with Crippen LogP contribution in [0.1, 0.15) is 42.6 Å². The maximum absolute atomic E-state index is 13.5. The SMILES string of the molecule is CC(C)C[C@@H](C(O)N1C[C@]2(C[C@H]1C#N)C(=O)Nc1ccccc12)N(C)C(=O)c1cnc2cccnc2c1. The van der Waals surface area contributed by atoms with Gasteiger partial charge in [-0.25, -0.2) is 0 Å². The molecule has 37 heavy (non-hydrogen) atoms. The molecule has 3 aromatic rings. The number of fused-ring (bicyclic) bond motifs is 3. The number of carbonyl (C=O) groups excluding carboxylic acids is 2. The van der Waals surface area contributed by atoms with Crippen LogP contribution in [0.5, 0.6) is 0 Å². The summed E-state index contributed by atoms with van der Waals surface area (Å²) in [5.41, 5.74) is 2.33. The van der Waals surface area contributed by atoms with Gasteiger partial charge in [0.1, 0.15) is 12.3 Å². The number of nitriles is 1. The van der Waals surface area contributed by atoms with Crippen molar-refractivity contribution in [2.45, 2.75) is 50.4 Å². The molecule has 5 rings (SSSR count). The fourth-order valence-electron chi connectivity index (χ4n) is 5.67. The monoisotopic (exact) mass is 498 g/mol. The Bertz CT molecular complexity index is 1400. The van der Waals surface area contributed by atoms with E-state index in [4.69, 9.17) is 0 Å². The zero-order valence-electron chi connectivity index (χ0n) is 21.1. The standard InChI is InChI=1S/C28H30N6O3/c1-17(2)11-24(33(3)25(35)18-12-23-22(31-15-18)9-6-10-30-23)26(36)34-16-28(13-19(34)14-29)20-7-4-5-8-21(20)32-27(28)37/h4-10,12,15,17,19,24,26,36H,11,13,16H2,1-3H3,(H,32,37)/t19-,24-,26?,28-/m0/s1. The Balaban J connectivity index is 1.45. The molecule has 1 saturated heterocycles. The number of amides is 2. The molecular formula is C28H30N6O3. The summed E-state index contributed by atoms with van der Waals surface area (Å²) in [7, 11) is 1.66. The molecule has 9 heteroatoms. The normalized spacial score (nSPS) is 22.6. The van der Waals surface area contributed by atoms with E-state index in [0.717, 1.165) is 11.3 Å². The molecule has 2 aliphatic rings. The molecule has 190 valence electrons. The van der Waals surface area contributed by atoms with Crippen LogP contribution in [0.3, 0.4) is 0 Å². The first-order valence-corrected chi connectivity index (χ1v) is 12.5. The molecule has 1 aromatic carbocycles. The van der Waals surface area contributed by atoms with Crippen LogP contribution in [0.2, 0.25) is 0 Å².